The Hall–Kier alpha value is -1.36. The standard InChI is InChI=1S/C11H11BrN2O2/c1-2-4-14-7-8(6-13-14)10(15)9-3-5-16-11(9)12/h3,5-7H,2,4H2,1H3. The average molecular weight is 283 g/mol. The Kier molecular flexibility index (Phi) is 3.24. The number of aromatic nitrogens is 2. The Bertz CT molecular complexity index is 502. The maximum Gasteiger partial charge on any atom is 0.200 e. The van der Waals surface area contributed by atoms with Crippen LogP contribution in [0.15, 0.2) is 33.8 Å². The molecule has 2 aromatic rings. The van der Waals surface area contributed by atoms with Crippen LogP contribution in [0.5, 0.6) is 0 Å². The van der Waals surface area contributed by atoms with Crippen LogP contribution in [0.1, 0.15) is 29.3 Å². The third-order valence-electron chi connectivity index (χ3n) is 2.21. The number of rotatable bonds is 4. The fourth-order valence-electron chi connectivity index (χ4n) is 1.44. The van der Waals surface area contributed by atoms with Crippen LogP contribution in [-0.2, 0) is 6.54 Å². The summed E-state index contributed by atoms with van der Waals surface area (Å²) in [5, 5.41) is 4.12. The quantitative estimate of drug-likeness (QED) is 0.810. The average Bonchev–Trinajstić information content (AvgIpc) is 2.87. The molecular weight excluding hydrogens is 272 g/mol. The van der Waals surface area contributed by atoms with Gasteiger partial charge in [0.25, 0.3) is 0 Å². The molecule has 2 rings (SSSR count). The van der Waals surface area contributed by atoms with Gasteiger partial charge in [-0.05, 0) is 28.4 Å². The first kappa shape index (κ1) is 11.1. The number of halogens is 1. The van der Waals surface area contributed by atoms with Gasteiger partial charge in [-0.2, -0.15) is 5.10 Å². The first-order valence-corrected chi connectivity index (χ1v) is 5.82. The van der Waals surface area contributed by atoms with Crippen molar-refractivity contribution in [2.45, 2.75) is 19.9 Å². The number of ketones is 1. The van der Waals surface area contributed by atoms with E-state index in [9.17, 15) is 4.79 Å². The molecule has 0 N–H and O–H groups in total. The van der Waals surface area contributed by atoms with Gasteiger partial charge in [0, 0.05) is 12.7 Å². The summed E-state index contributed by atoms with van der Waals surface area (Å²) in [6.45, 7) is 2.88. The highest BCUT2D eigenvalue weighted by Crippen LogP contribution is 2.20. The molecule has 4 nitrogen and oxygen atoms in total. The summed E-state index contributed by atoms with van der Waals surface area (Å²) < 4.78 is 7.25. The Labute approximate surface area is 101 Å². The van der Waals surface area contributed by atoms with Crippen molar-refractivity contribution in [2.75, 3.05) is 0 Å². The van der Waals surface area contributed by atoms with Crippen LogP contribution in [0.25, 0.3) is 0 Å². The second kappa shape index (κ2) is 4.65. The minimum Gasteiger partial charge on any atom is -0.457 e. The van der Waals surface area contributed by atoms with Crippen molar-refractivity contribution in [3.8, 4) is 0 Å². The van der Waals surface area contributed by atoms with E-state index in [1.807, 2.05) is 0 Å². The molecule has 0 bridgehead atoms. The summed E-state index contributed by atoms with van der Waals surface area (Å²) >= 11 is 3.19. The van der Waals surface area contributed by atoms with E-state index in [2.05, 4.69) is 28.0 Å². The highest BCUT2D eigenvalue weighted by atomic mass is 79.9. The number of aryl methyl sites for hydroxylation is 1. The van der Waals surface area contributed by atoms with Crippen LogP contribution in [0.3, 0.4) is 0 Å². The SMILES string of the molecule is CCCn1cc(C(=O)c2ccoc2Br)cn1. The highest BCUT2D eigenvalue weighted by Gasteiger charge is 2.16. The Balaban J connectivity index is 2.24. The number of nitrogens with zero attached hydrogens (tertiary/aromatic N) is 2. The molecule has 0 unspecified atom stereocenters. The Morgan fingerprint density at radius 3 is 3.06 bits per heavy atom. The normalized spacial score (nSPS) is 10.6. The van der Waals surface area contributed by atoms with Crippen LogP contribution in [0, 0.1) is 0 Å². The summed E-state index contributed by atoms with van der Waals surface area (Å²) in [5.74, 6) is -0.0806. The Morgan fingerprint density at radius 2 is 2.44 bits per heavy atom. The molecule has 0 saturated heterocycles. The minimum atomic E-state index is -0.0806. The van der Waals surface area contributed by atoms with Crippen molar-refractivity contribution in [3.63, 3.8) is 0 Å². The summed E-state index contributed by atoms with van der Waals surface area (Å²) in [7, 11) is 0. The fraction of sp³-hybridized carbons (Fsp3) is 0.273. The van der Waals surface area contributed by atoms with Gasteiger partial charge in [-0.15, -0.1) is 0 Å². The van der Waals surface area contributed by atoms with Gasteiger partial charge < -0.3 is 4.42 Å². The van der Waals surface area contributed by atoms with E-state index in [0.29, 0.717) is 15.8 Å². The predicted molar refractivity (Wildman–Crippen MR) is 62.4 cm³/mol. The van der Waals surface area contributed by atoms with Crippen LogP contribution < -0.4 is 0 Å². The van der Waals surface area contributed by atoms with Crippen molar-refractivity contribution in [2.24, 2.45) is 0 Å². The molecule has 0 aliphatic rings. The zero-order valence-corrected chi connectivity index (χ0v) is 10.4. The molecule has 0 aromatic carbocycles. The van der Waals surface area contributed by atoms with Crippen LogP contribution in [0.2, 0.25) is 0 Å². The minimum absolute atomic E-state index is 0.0806. The molecule has 0 radical (unpaired) electrons. The lowest BCUT2D eigenvalue weighted by molar-refractivity contribution is 0.103. The largest absolute Gasteiger partial charge is 0.457 e. The Morgan fingerprint density at radius 1 is 1.62 bits per heavy atom. The maximum absolute atomic E-state index is 12.0. The molecule has 5 heteroatoms. The molecule has 2 heterocycles. The van der Waals surface area contributed by atoms with Crippen molar-refractivity contribution >= 4 is 21.7 Å². The molecule has 16 heavy (non-hydrogen) atoms. The van der Waals surface area contributed by atoms with Crippen molar-refractivity contribution in [1.29, 1.82) is 0 Å². The van der Waals surface area contributed by atoms with Gasteiger partial charge in [-0.3, -0.25) is 9.48 Å². The number of carbonyl (C=O) groups is 1. The maximum atomic E-state index is 12.0. The highest BCUT2D eigenvalue weighted by molar-refractivity contribution is 9.10. The molecule has 84 valence electrons. The third-order valence-corrected chi connectivity index (χ3v) is 2.82. The lowest BCUT2D eigenvalue weighted by Gasteiger charge is -1.95. The predicted octanol–water partition coefficient (Wildman–Crippen LogP) is 2.88. The van der Waals surface area contributed by atoms with E-state index >= 15 is 0 Å². The molecule has 0 saturated carbocycles. The second-order valence-electron chi connectivity index (χ2n) is 3.43. The van der Waals surface area contributed by atoms with E-state index in [1.54, 1.807) is 23.1 Å². The van der Waals surface area contributed by atoms with Gasteiger partial charge in [0.05, 0.1) is 23.6 Å². The number of carbonyl (C=O) groups excluding carboxylic acids is 1. The second-order valence-corrected chi connectivity index (χ2v) is 4.15. The summed E-state index contributed by atoms with van der Waals surface area (Å²) in [5.41, 5.74) is 1.10. The van der Waals surface area contributed by atoms with E-state index in [1.165, 1.54) is 6.26 Å². The molecule has 0 aliphatic carbocycles. The van der Waals surface area contributed by atoms with E-state index < -0.39 is 0 Å². The van der Waals surface area contributed by atoms with Crippen molar-refractivity contribution < 1.29 is 9.21 Å². The van der Waals surface area contributed by atoms with E-state index in [-0.39, 0.29) is 5.78 Å². The summed E-state index contributed by atoms with van der Waals surface area (Å²) in [6.07, 6.45) is 5.81. The van der Waals surface area contributed by atoms with Gasteiger partial charge in [0.2, 0.25) is 5.78 Å². The smallest absolute Gasteiger partial charge is 0.200 e. The van der Waals surface area contributed by atoms with Crippen LogP contribution in [-0.4, -0.2) is 15.6 Å². The zero-order chi connectivity index (χ0) is 11.5. The number of hydrogen-bond acceptors (Lipinski definition) is 3. The first-order valence-electron chi connectivity index (χ1n) is 5.02. The summed E-state index contributed by atoms with van der Waals surface area (Å²) in [6, 6.07) is 1.64. The number of furan rings is 1. The summed E-state index contributed by atoms with van der Waals surface area (Å²) in [4.78, 5) is 12.0. The van der Waals surface area contributed by atoms with Gasteiger partial charge in [0.15, 0.2) is 4.67 Å². The molecule has 0 fully saturated rings. The molecule has 0 atom stereocenters. The molecule has 0 spiro atoms. The third kappa shape index (κ3) is 2.09. The lowest BCUT2D eigenvalue weighted by atomic mass is 10.1. The molecule has 0 amide bonds. The van der Waals surface area contributed by atoms with Gasteiger partial charge in [-0.1, -0.05) is 6.92 Å². The van der Waals surface area contributed by atoms with Gasteiger partial charge in [0.1, 0.15) is 0 Å². The van der Waals surface area contributed by atoms with E-state index in [0.717, 1.165) is 13.0 Å². The van der Waals surface area contributed by atoms with Gasteiger partial charge in [-0.25, -0.2) is 0 Å². The topological polar surface area (TPSA) is 48.0 Å². The van der Waals surface area contributed by atoms with Gasteiger partial charge >= 0.3 is 0 Å². The lowest BCUT2D eigenvalue weighted by Crippen LogP contribution is -2.00. The van der Waals surface area contributed by atoms with Crippen molar-refractivity contribution in [3.05, 3.63) is 40.5 Å². The molecule has 0 aliphatic heterocycles. The molecular formula is C11H11BrN2O2. The van der Waals surface area contributed by atoms with Crippen molar-refractivity contribution in [1.82, 2.24) is 9.78 Å². The van der Waals surface area contributed by atoms with E-state index in [4.69, 9.17) is 4.42 Å². The van der Waals surface area contributed by atoms with Crippen LogP contribution in [0.4, 0.5) is 0 Å². The first-order chi connectivity index (χ1) is 7.72. The monoisotopic (exact) mass is 282 g/mol. The fourth-order valence-corrected chi connectivity index (χ4v) is 1.86. The zero-order valence-electron chi connectivity index (χ0n) is 8.81. The van der Waals surface area contributed by atoms with Crippen LogP contribution >= 0.6 is 15.9 Å². The number of hydrogen-bond donors (Lipinski definition) is 0. The molecule has 2 aromatic heterocycles.